The summed E-state index contributed by atoms with van der Waals surface area (Å²) in [5, 5.41) is 1.22. The van der Waals surface area contributed by atoms with E-state index in [1.807, 2.05) is 12.3 Å². The van der Waals surface area contributed by atoms with Crippen LogP contribution < -0.4 is 0 Å². The topological polar surface area (TPSA) is 12.9 Å². The summed E-state index contributed by atoms with van der Waals surface area (Å²) in [6, 6.07) is 10.7. The molecule has 0 fully saturated rings. The molecule has 0 saturated carbocycles. The molecule has 96 valence electrons. The fourth-order valence-corrected chi connectivity index (χ4v) is 2.22. The molecular formula is C16H20BrN. The first-order chi connectivity index (χ1) is 8.47. The molecule has 0 bridgehead atoms. The largest absolute Gasteiger partial charge is 0.256 e. The second-order valence-corrected chi connectivity index (χ2v) is 7.01. The van der Waals surface area contributed by atoms with Crippen molar-refractivity contribution in [1.29, 1.82) is 0 Å². The highest BCUT2D eigenvalue weighted by molar-refractivity contribution is 9.09. The molecule has 1 heterocycles. The minimum atomic E-state index is 0.315. The Balaban J connectivity index is 2.08. The molecule has 0 N–H and O–H groups in total. The van der Waals surface area contributed by atoms with Crippen LogP contribution in [0.5, 0.6) is 0 Å². The lowest BCUT2D eigenvalue weighted by molar-refractivity contribution is 0.386. The van der Waals surface area contributed by atoms with Crippen LogP contribution in [0.25, 0.3) is 10.9 Å². The van der Waals surface area contributed by atoms with Gasteiger partial charge in [-0.1, -0.05) is 54.9 Å². The number of aryl methyl sites for hydroxylation is 1. The maximum absolute atomic E-state index is 4.41. The molecule has 0 saturated heterocycles. The Kier molecular flexibility index (Phi) is 4.06. The monoisotopic (exact) mass is 305 g/mol. The van der Waals surface area contributed by atoms with Gasteiger partial charge in [-0.3, -0.25) is 4.98 Å². The number of hydrogen-bond donors (Lipinski definition) is 0. The van der Waals surface area contributed by atoms with Gasteiger partial charge in [-0.25, -0.2) is 0 Å². The van der Waals surface area contributed by atoms with Gasteiger partial charge in [0.2, 0.25) is 0 Å². The SMILES string of the molecule is CC(C)(C)C(Br)CCc1ccc2cccnc2c1. The fourth-order valence-electron chi connectivity index (χ4n) is 1.99. The van der Waals surface area contributed by atoms with E-state index in [-0.39, 0.29) is 0 Å². The first-order valence-electron chi connectivity index (χ1n) is 6.44. The van der Waals surface area contributed by atoms with E-state index in [1.54, 1.807) is 0 Å². The summed E-state index contributed by atoms with van der Waals surface area (Å²) in [6.45, 7) is 6.82. The summed E-state index contributed by atoms with van der Waals surface area (Å²) in [4.78, 5) is 4.95. The Morgan fingerprint density at radius 3 is 2.72 bits per heavy atom. The molecular weight excluding hydrogens is 286 g/mol. The van der Waals surface area contributed by atoms with E-state index in [0.717, 1.165) is 18.4 Å². The smallest absolute Gasteiger partial charge is 0.0704 e. The van der Waals surface area contributed by atoms with Crippen molar-refractivity contribution in [2.75, 3.05) is 0 Å². The Morgan fingerprint density at radius 1 is 1.22 bits per heavy atom. The van der Waals surface area contributed by atoms with Gasteiger partial charge in [0.1, 0.15) is 0 Å². The van der Waals surface area contributed by atoms with Gasteiger partial charge in [0.15, 0.2) is 0 Å². The molecule has 1 aromatic carbocycles. The number of fused-ring (bicyclic) bond motifs is 1. The second kappa shape index (κ2) is 5.40. The molecule has 0 aliphatic rings. The summed E-state index contributed by atoms with van der Waals surface area (Å²) in [5.41, 5.74) is 2.78. The number of rotatable bonds is 3. The third kappa shape index (κ3) is 3.32. The van der Waals surface area contributed by atoms with Crippen LogP contribution in [0.2, 0.25) is 0 Å². The van der Waals surface area contributed by atoms with Crippen molar-refractivity contribution < 1.29 is 0 Å². The van der Waals surface area contributed by atoms with E-state index >= 15 is 0 Å². The number of benzene rings is 1. The molecule has 1 atom stereocenters. The predicted molar refractivity (Wildman–Crippen MR) is 82.2 cm³/mol. The number of nitrogens with zero attached hydrogens (tertiary/aromatic N) is 1. The van der Waals surface area contributed by atoms with Crippen molar-refractivity contribution in [1.82, 2.24) is 4.98 Å². The van der Waals surface area contributed by atoms with Crippen molar-refractivity contribution in [2.24, 2.45) is 5.41 Å². The molecule has 18 heavy (non-hydrogen) atoms. The molecule has 1 nitrogen and oxygen atoms in total. The highest BCUT2D eigenvalue weighted by atomic mass is 79.9. The van der Waals surface area contributed by atoms with Gasteiger partial charge in [0, 0.05) is 16.4 Å². The zero-order valence-electron chi connectivity index (χ0n) is 11.3. The maximum Gasteiger partial charge on any atom is 0.0704 e. The van der Waals surface area contributed by atoms with Crippen LogP contribution in [0.15, 0.2) is 36.5 Å². The standard InChI is InChI=1S/C16H20BrN/c1-16(2,3)15(17)9-7-12-6-8-13-5-4-10-18-14(13)11-12/h4-6,8,10-11,15H,7,9H2,1-3H3. The van der Waals surface area contributed by atoms with E-state index < -0.39 is 0 Å². The molecule has 0 aliphatic heterocycles. The van der Waals surface area contributed by atoms with Gasteiger partial charge in [0.05, 0.1) is 5.52 Å². The molecule has 0 aliphatic carbocycles. The summed E-state index contributed by atoms with van der Waals surface area (Å²) in [5.74, 6) is 0. The molecule has 0 amide bonds. The highest BCUT2D eigenvalue weighted by Crippen LogP contribution is 2.29. The van der Waals surface area contributed by atoms with Gasteiger partial charge in [-0.05, 0) is 36.0 Å². The third-order valence-corrected chi connectivity index (χ3v) is 5.13. The van der Waals surface area contributed by atoms with Crippen LogP contribution in [0.4, 0.5) is 0 Å². The van der Waals surface area contributed by atoms with Gasteiger partial charge >= 0.3 is 0 Å². The van der Waals surface area contributed by atoms with Crippen LogP contribution in [0, 0.1) is 5.41 Å². The van der Waals surface area contributed by atoms with Crippen LogP contribution in [-0.4, -0.2) is 9.81 Å². The van der Waals surface area contributed by atoms with Crippen molar-refractivity contribution >= 4 is 26.8 Å². The van der Waals surface area contributed by atoms with Gasteiger partial charge in [-0.15, -0.1) is 0 Å². The predicted octanol–water partition coefficient (Wildman–Crippen LogP) is 4.98. The summed E-state index contributed by atoms with van der Waals surface area (Å²) < 4.78 is 0. The molecule has 2 heteroatoms. The van der Waals surface area contributed by atoms with Gasteiger partial charge in [0.25, 0.3) is 0 Å². The average Bonchev–Trinajstić information content (AvgIpc) is 2.34. The van der Waals surface area contributed by atoms with Gasteiger partial charge < -0.3 is 0 Å². The van der Waals surface area contributed by atoms with Crippen molar-refractivity contribution in [3.63, 3.8) is 0 Å². The van der Waals surface area contributed by atoms with Crippen molar-refractivity contribution in [3.05, 3.63) is 42.1 Å². The van der Waals surface area contributed by atoms with Crippen LogP contribution >= 0.6 is 15.9 Å². The zero-order chi connectivity index (χ0) is 13.2. The fraction of sp³-hybridized carbons (Fsp3) is 0.438. The van der Waals surface area contributed by atoms with Gasteiger partial charge in [-0.2, -0.15) is 0 Å². The molecule has 0 spiro atoms. The third-order valence-electron chi connectivity index (χ3n) is 3.30. The van der Waals surface area contributed by atoms with Crippen LogP contribution in [-0.2, 0) is 6.42 Å². The normalized spacial score (nSPS) is 13.8. The lowest BCUT2D eigenvalue weighted by atomic mass is 9.88. The summed E-state index contributed by atoms with van der Waals surface area (Å²) in [7, 11) is 0. The number of hydrogen-bond acceptors (Lipinski definition) is 1. The minimum absolute atomic E-state index is 0.315. The van der Waals surface area contributed by atoms with Crippen LogP contribution in [0.3, 0.4) is 0 Å². The first-order valence-corrected chi connectivity index (χ1v) is 7.36. The number of alkyl halides is 1. The first kappa shape index (κ1) is 13.5. The number of aromatic nitrogens is 1. The van der Waals surface area contributed by atoms with Crippen molar-refractivity contribution in [3.8, 4) is 0 Å². The Bertz CT molecular complexity index is 528. The Hall–Kier alpha value is -0.890. The van der Waals surface area contributed by atoms with Crippen LogP contribution in [0.1, 0.15) is 32.8 Å². The van der Waals surface area contributed by atoms with E-state index in [2.05, 4.69) is 66.0 Å². The lowest BCUT2D eigenvalue weighted by Gasteiger charge is -2.25. The van der Waals surface area contributed by atoms with E-state index in [4.69, 9.17) is 0 Å². The molecule has 2 rings (SSSR count). The molecule has 1 unspecified atom stereocenters. The van der Waals surface area contributed by atoms with E-state index in [9.17, 15) is 0 Å². The summed E-state index contributed by atoms with van der Waals surface area (Å²) in [6.07, 6.45) is 4.11. The maximum atomic E-state index is 4.41. The van der Waals surface area contributed by atoms with Crippen molar-refractivity contribution in [2.45, 2.75) is 38.4 Å². The molecule has 0 radical (unpaired) electrons. The second-order valence-electron chi connectivity index (χ2n) is 5.90. The molecule has 2 aromatic rings. The zero-order valence-corrected chi connectivity index (χ0v) is 12.9. The summed E-state index contributed by atoms with van der Waals surface area (Å²) >= 11 is 3.79. The molecule has 1 aromatic heterocycles. The van der Waals surface area contributed by atoms with E-state index in [0.29, 0.717) is 10.2 Å². The minimum Gasteiger partial charge on any atom is -0.256 e. The quantitative estimate of drug-likeness (QED) is 0.729. The van der Waals surface area contributed by atoms with E-state index in [1.165, 1.54) is 10.9 Å². The average molecular weight is 306 g/mol. The highest BCUT2D eigenvalue weighted by Gasteiger charge is 2.21. The number of pyridine rings is 1. The lowest BCUT2D eigenvalue weighted by Crippen LogP contribution is -2.20. The number of halogens is 1. The Labute approximate surface area is 118 Å². The Morgan fingerprint density at radius 2 is 2.00 bits per heavy atom.